The molecular weight excluding hydrogens is 905 g/mol. The first-order chi connectivity index (χ1) is 37.0. The van der Waals surface area contributed by atoms with Crippen LogP contribution < -0.4 is 10.2 Å². The van der Waals surface area contributed by atoms with Crippen LogP contribution in [0.25, 0.3) is 66.4 Å². The number of nitrogens with one attached hydrogen (secondary N) is 1. The highest BCUT2D eigenvalue weighted by atomic mass is 15.1. The lowest BCUT2D eigenvalue weighted by Crippen LogP contribution is -2.16. The summed E-state index contributed by atoms with van der Waals surface area (Å²) in [6.45, 7) is 8.57. The number of para-hydroxylation sites is 2. The summed E-state index contributed by atoms with van der Waals surface area (Å²) in [5, 5.41) is 6.18. The molecule has 0 atom stereocenters. The Labute approximate surface area is 443 Å². The van der Waals surface area contributed by atoms with Crippen LogP contribution in [0.3, 0.4) is 0 Å². The number of nitrogens with zero attached hydrogens (tertiary/aromatic N) is 1. The van der Waals surface area contributed by atoms with E-state index in [0.717, 1.165) is 62.7 Å². The Balaban J connectivity index is 0.972. The molecule has 0 amide bonds. The maximum atomic E-state index is 4.22. The molecule has 0 aliphatic rings. The van der Waals surface area contributed by atoms with Crippen LogP contribution in [0.5, 0.6) is 0 Å². The highest BCUT2D eigenvalue weighted by Gasteiger charge is 2.18. The Morgan fingerprint density at radius 1 is 0.467 bits per heavy atom. The van der Waals surface area contributed by atoms with E-state index in [1.165, 1.54) is 55.3 Å². The molecule has 0 aliphatic heterocycles. The summed E-state index contributed by atoms with van der Waals surface area (Å²) in [5.74, 6) is 0. The molecule has 0 aromatic heterocycles. The Kier molecular flexibility index (Phi) is 15.6. The Hall–Kier alpha value is -9.50. The summed E-state index contributed by atoms with van der Waals surface area (Å²) >= 11 is 0. The fourth-order valence-electron chi connectivity index (χ4n) is 9.67. The number of rotatable bonds is 17. The molecule has 75 heavy (non-hydrogen) atoms. The minimum atomic E-state index is 0.769. The SMILES string of the molecule is C=C/C=C(\C=C/Cc1ccc(-c2cccc3ccccc23)cc1)N(c1ccc(-c2ccc(-c3ccccc3)cc2)cc1)c1ccccc1-c1cccc(/C(C)=C/C=C\C(Nc2ccccc2)=C(/C)c2ccccc2)c1. The van der Waals surface area contributed by atoms with Crippen molar-refractivity contribution in [1.82, 2.24) is 0 Å². The Morgan fingerprint density at radius 3 is 1.73 bits per heavy atom. The zero-order valence-corrected chi connectivity index (χ0v) is 42.7. The van der Waals surface area contributed by atoms with Crippen molar-refractivity contribution >= 4 is 39.0 Å². The average Bonchev–Trinajstić information content (AvgIpc) is 3.48. The average molecular weight is 965 g/mol. The predicted octanol–water partition coefficient (Wildman–Crippen LogP) is 20.0. The molecule has 0 saturated carbocycles. The van der Waals surface area contributed by atoms with Crippen LogP contribution >= 0.6 is 0 Å². The third-order valence-electron chi connectivity index (χ3n) is 13.7. The van der Waals surface area contributed by atoms with Gasteiger partial charge in [0.1, 0.15) is 0 Å². The van der Waals surface area contributed by atoms with Gasteiger partial charge < -0.3 is 10.2 Å². The van der Waals surface area contributed by atoms with E-state index in [1.807, 2.05) is 12.1 Å². The van der Waals surface area contributed by atoms with Crippen molar-refractivity contribution in [2.24, 2.45) is 0 Å². The zero-order chi connectivity index (χ0) is 51.2. The summed E-state index contributed by atoms with van der Waals surface area (Å²) in [6.07, 6.45) is 15.8. The Morgan fingerprint density at radius 2 is 1.01 bits per heavy atom. The van der Waals surface area contributed by atoms with E-state index in [0.29, 0.717) is 0 Å². The van der Waals surface area contributed by atoms with Crippen LogP contribution in [0.15, 0.2) is 315 Å². The number of anilines is 3. The maximum absolute atomic E-state index is 4.22. The van der Waals surface area contributed by atoms with Gasteiger partial charge in [-0.1, -0.05) is 249 Å². The Bertz CT molecular complexity index is 3680. The smallest absolute Gasteiger partial charge is 0.0540 e. The minimum Gasteiger partial charge on any atom is -0.355 e. The van der Waals surface area contributed by atoms with E-state index in [4.69, 9.17) is 0 Å². The summed E-state index contributed by atoms with van der Waals surface area (Å²) in [7, 11) is 0. The molecule has 0 saturated heterocycles. The second-order valence-corrected chi connectivity index (χ2v) is 18.7. The molecule has 0 spiro atoms. The number of hydrogen-bond acceptors (Lipinski definition) is 2. The molecule has 0 heterocycles. The normalized spacial score (nSPS) is 12.2. The maximum Gasteiger partial charge on any atom is 0.0540 e. The van der Waals surface area contributed by atoms with Crippen molar-refractivity contribution in [3.63, 3.8) is 0 Å². The lowest BCUT2D eigenvalue weighted by atomic mass is 9.96. The van der Waals surface area contributed by atoms with Gasteiger partial charge in [0, 0.05) is 28.3 Å². The van der Waals surface area contributed by atoms with Gasteiger partial charge in [-0.2, -0.15) is 0 Å². The van der Waals surface area contributed by atoms with Gasteiger partial charge in [-0.05, 0) is 152 Å². The van der Waals surface area contributed by atoms with Gasteiger partial charge in [-0.25, -0.2) is 0 Å². The molecule has 10 rings (SSSR count). The molecule has 0 bridgehead atoms. The van der Waals surface area contributed by atoms with E-state index in [9.17, 15) is 0 Å². The van der Waals surface area contributed by atoms with E-state index < -0.39 is 0 Å². The number of fused-ring (bicyclic) bond motifs is 1. The van der Waals surface area contributed by atoms with Crippen LogP contribution in [0.4, 0.5) is 17.1 Å². The first-order valence-electron chi connectivity index (χ1n) is 25.7. The number of allylic oxidation sites excluding steroid dienone is 9. The molecule has 1 N–H and O–H groups in total. The molecule has 0 aliphatic carbocycles. The predicted molar refractivity (Wildman–Crippen MR) is 324 cm³/mol. The van der Waals surface area contributed by atoms with Crippen molar-refractivity contribution in [2.45, 2.75) is 20.3 Å². The summed E-state index contributed by atoms with van der Waals surface area (Å²) in [5.41, 5.74) is 20.5. The molecule has 0 unspecified atom stereocenters. The third-order valence-corrected chi connectivity index (χ3v) is 13.7. The standard InChI is InChI=1S/C73H60N2/c1-4-22-67(35-19-24-56-41-43-63(44-42-56)70-38-21-30-62-29-14-15-36-69(62)70)75(68-51-49-61(50-52-68)60-47-45-59(46-48-60)58-27-10-6-11-28-58)73-40-17-16-37-71(73)65-32-20-31-64(53-65)54(2)23-18-39-72(74-66-33-12-7-13-34-66)55(3)57-25-8-5-9-26-57/h4-23,25-53,74H,1,24H2,2-3H3/b35-19-,39-18-,54-23+,67-22+,72-55-. The van der Waals surface area contributed by atoms with Gasteiger partial charge >= 0.3 is 0 Å². The lowest BCUT2D eigenvalue weighted by molar-refractivity contribution is 1.19. The molecule has 2 heteroatoms. The topological polar surface area (TPSA) is 15.3 Å². The first kappa shape index (κ1) is 49.1. The summed E-state index contributed by atoms with van der Waals surface area (Å²) < 4.78 is 0. The monoisotopic (exact) mass is 964 g/mol. The largest absolute Gasteiger partial charge is 0.355 e. The highest BCUT2D eigenvalue weighted by Crippen LogP contribution is 2.40. The second-order valence-electron chi connectivity index (χ2n) is 18.7. The van der Waals surface area contributed by atoms with Crippen LogP contribution in [0, 0.1) is 0 Å². The van der Waals surface area contributed by atoms with Crippen LogP contribution in [-0.4, -0.2) is 0 Å². The molecule has 2 nitrogen and oxygen atoms in total. The van der Waals surface area contributed by atoms with Gasteiger partial charge in [0.25, 0.3) is 0 Å². The number of benzene rings is 10. The van der Waals surface area contributed by atoms with Crippen LogP contribution in [-0.2, 0) is 6.42 Å². The van der Waals surface area contributed by atoms with E-state index in [-0.39, 0.29) is 0 Å². The lowest BCUT2D eigenvalue weighted by Gasteiger charge is -2.29. The van der Waals surface area contributed by atoms with Gasteiger partial charge in [0.15, 0.2) is 0 Å². The van der Waals surface area contributed by atoms with Crippen LogP contribution in [0.2, 0.25) is 0 Å². The fraction of sp³-hybridized carbons (Fsp3) is 0.0411. The van der Waals surface area contributed by atoms with Gasteiger partial charge in [0.05, 0.1) is 5.69 Å². The molecular formula is C73H60N2. The fourth-order valence-corrected chi connectivity index (χ4v) is 9.67. The molecule has 10 aromatic rings. The highest BCUT2D eigenvalue weighted by molar-refractivity contribution is 5.96. The third kappa shape index (κ3) is 11.9. The van der Waals surface area contributed by atoms with Gasteiger partial charge in [0.2, 0.25) is 0 Å². The molecule has 10 aromatic carbocycles. The van der Waals surface area contributed by atoms with E-state index in [1.54, 1.807) is 0 Å². The molecule has 362 valence electrons. The summed E-state index contributed by atoms with van der Waals surface area (Å²) in [6, 6.07) is 90.9. The summed E-state index contributed by atoms with van der Waals surface area (Å²) in [4.78, 5) is 2.36. The first-order valence-corrected chi connectivity index (χ1v) is 25.7. The van der Waals surface area contributed by atoms with Crippen molar-refractivity contribution < 1.29 is 0 Å². The number of hydrogen-bond donors (Lipinski definition) is 1. The van der Waals surface area contributed by atoms with Crippen molar-refractivity contribution in [2.75, 3.05) is 10.2 Å². The van der Waals surface area contributed by atoms with E-state index >= 15 is 0 Å². The van der Waals surface area contributed by atoms with E-state index in [2.05, 4.69) is 316 Å². The van der Waals surface area contributed by atoms with Gasteiger partial charge in [-0.15, -0.1) is 0 Å². The molecule has 0 radical (unpaired) electrons. The quantitative estimate of drug-likeness (QED) is 0.0915. The van der Waals surface area contributed by atoms with Gasteiger partial charge in [-0.3, -0.25) is 0 Å². The van der Waals surface area contributed by atoms with Crippen molar-refractivity contribution in [3.8, 4) is 44.5 Å². The van der Waals surface area contributed by atoms with Crippen LogP contribution in [0.1, 0.15) is 30.5 Å². The zero-order valence-electron chi connectivity index (χ0n) is 42.7. The second kappa shape index (κ2) is 23.8. The van der Waals surface area contributed by atoms with Crippen molar-refractivity contribution in [3.05, 3.63) is 332 Å². The molecule has 0 fully saturated rings. The van der Waals surface area contributed by atoms with Crippen molar-refractivity contribution in [1.29, 1.82) is 0 Å². The minimum absolute atomic E-state index is 0.769.